The van der Waals surface area contributed by atoms with Crippen LogP contribution in [0.4, 0.5) is 11.4 Å². The first-order valence-corrected chi connectivity index (χ1v) is 20.2. The predicted octanol–water partition coefficient (Wildman–Crippen LogP) is 8.39. The number of aromatic hydroxyl groups is 1. The maximum Gasteiger partial charge on any atom is 0.260 e. The summed E-state index contributed by atoms with van der Waals surface area (Å²) in [5, 5.41) is 11.8. The highest BCUT2D eigenvalue weighted by molar-refractivity contribution is 6.22. The molecule has 0 bridgehead atoms. The lowest BCUT2D eigenvalue weighted by Gasteiger charge is -2.50. The Bertz CT molecular complexity index is 2600. The Hall–Kier alpha value is -6.94. The van der Waals surface area contributed by atoms with Crippen molar-refractivity contribution in [2.24, 2.45) is 23.7 Å². The van der Waals surface area contributed by atoms with Crippen LogP contribution in [0, 0.1) is 37.5 Å². The Balaban J connectivity index is 1.10. The van der Waals surface area contributed by atoms with Crippen molar-refractivity contribution in [2.45, 2.75) is 38.0 Å². The van der Waals surface area contributed by atoms with Gasteiger partial charge in [-0.15, -0.1) is 0 Å². The number of hydrazine groups is 1. The average Bonchev–Trinajstić information content (AvgIpc) is 3.65. The van der Waals surface area contributed by atoms with Crippen molar-refractivity contribution in [1.82, 2.24) is 5.01 Å². The van der Waals surface area contributed by atoms with Crippen molar-refractivity contribution >= 4 is 47.2 Å². The molecule has 4 aliphatic rings. The van der Waals surface area contributed by atoms with Gasteiger partial charge >= 0.3 is 0 Å². The van der Waals surface area contributed by atoms with Gasteiger partial charge in [-0.05, 0) is 103 Å². The molecule has 5 aromatic carbocycles. The molecule has 2 N–H and O–H groups in total. The number of hydrogen-bond donors (Lipinski definition) is 2. The van der Waals surface area contributed by atoms with Crippen LogP contribution < -0.4 is 19.8 Å². The summed E-state index contributed by atoms with van der Waals surface area (Å²) < 4.78 is 10.9. The lowest BCUT2D eigenvalue weighted by Crippen LogP contribution is -2.53. The molecule has 0 radical (unpaired) electrons. The molecule has 1 saturated carbocycles. The molecule has 0 aromatic heterocycles. The molecule has 3 fully saturated rings. The smallest absolute Gasteiger partial charge is 0.260 e. The number of anilines is 2. The van der Waals surface area contributed by atoms with Gasteiger partial charge in [0.15, 0.2) is 0 Å². The highest BCUT2D eigenvalue weighted by atomic mass is 16.5. The summed E-state index contributed by atoms with van der Waals surface area (Å²) >= 11 is 0. The number of hydrogen-bond acceptors (Lipinski definition) is 8. The number of ether oxygens (including phenoxy) is 2. The lowest BCUT2D eigenvalue weighted by molar-refractivity contribution is -0.138. The fourth-order valence-corrected chi connectivity index (χ4v) is 10.1. The molecule has 0 spiro atoms. The van der Waals surface area contributed by atoms with E-state index in [0.717, 1.165) is 32.8 Å². The number of nitrogens with one attached hydrogen (secondary N) is 1. The van der Waals surface area contributed by atoms with Gasteiger partial charge in [-0.3, -0.25) is 29.5 Å². The molecule has 2 heterocycles. The van der Waals surface area contributed by atoms with Crippen LogP contribution in [0.15, 0.2) is 127 Å². The fourth-order valence-electron chi connectivity index (χ4n) is 10.1. The summed E-state index contributed by atoms with van der Waals surface area (Å²) in [4.78, 5) is 60.8. The number of benzene rings is 5. The first kappa shape index (κ1) is 38.6. The first-order valence-electron chi connectivity index (χ1n) is 20.2. The molecule has 4 amide bonds. The van der Waals surface area contributed by atoms with Gasteiger partial charge in [-0.2, -0.15) is 5.01 Å². The van der Waals surface area contributed by atoms with E-state index in [1.807, 2.05) is 122 Å². The molecule has 10 nitrogen and oxygen atoms in total. The van der Waals surface area contributed by atoms with Crippen molar-refractivity contribution in [3.63, 3.8) is 0 Å². The van der Waals surface area contributed by atoms with Gasteiger partial charge in [0.05, 0.1) is 48.8 Å². The van der Waals surface area contributed by atoms with Crippen LogP contribution in [-0.2, 0) is 24.6 Å². The number of rotatable bonds is 9. The van der Waals surface area contributed by atoms with Crippen LogP contribution in [0.25, 0.3) is 12.2 Å². The number of aryl methyl sites for hydroxylation is 2. The maximum absolute atomic E-state index is 15.4. The Kier molecular flexibility index (Phi) is 9.66. The van der Waals surface area contributed by atoms with Crippen molar-refractivity contribution in [1.29, 1.82) is 0 Å². The number of fused-ring (bicyclic) bond motifs is 4. The largest absolute Gasteiger partial charge is 0.508 e. The van der Waals surface area contributed by atoms with Gasteiger partial charge < -0.3 is 14.6 Å². The number of allylic oxidation sites excluding steroid dienone is 2. The Morgan fingerprint density at radius 1 is 0.767 bits per heavy atom. The second-order valence-electron chi connectivity index (χ2n) is 16.2. The third-order valence-corrected chi connectivity index (χ3v) is 13.0. The summed E-state index contributed by atoms with van der Waals surface area (Å²) in [5.74, 6) is -3.33. The third-order valence-electron chi connectivity index (χ3n) is 13.0. The van der Waals surface area contributed by atoms with Crippen molar-refractivity contribution in [3.05, 3.63) is 160 Å². The van der Waals surface area contributed by atoms with Gasteiger partial charge in [0.2, 0.25) is 11.8 Å². The second-order valence-corrected chi connectivity index (χ2v) is 16.2. The predicted molar refractivity (Wildman–Crippen MR) is 229 cm³/mol. The van der Waals surface area contributed by atoms with Gasteiger partial charge in [0.1, 0.15) is 17.2 Å². The highest BCUT2D eigenvalue weighted by Gasteiger charge is 2.70. The molecule has 2 saturated heterocycles. The minimum atomic E-state index is -1.39. The van der Waals surface area contributed by atoms with E-state index in [1.54, 1.807) is 39.3 Å². The zero-order chi connectivity index (χ0) is 41.9. The van der Waals surface area contributed by atoms with E-state index >= 15 is 4.79 Å². The summed E-state index contributed by atoms with van der Waals surface area (Å²) in [5.41, 5.74) is 8.45. The Labute approximate surface area is 348 Å². The molecular weight excluding hydrogens is 755 g/mol. The first-order chi connectivity index (χ1) is 29.0. The number of phenolic OH excluding ortho intramolecular Hbond substituents is 1. The molecule has 6 unspecified atom stereocenters. The van der Waals surface area contributed by atoms with Crippen LogP contribution in [-0.4, -0.2) is 48.0 Å². The van der Waals surface area contributed by atoms with Gasteiger partial charge in [0, 0.05) is 11.5 Å². The van der Waals surface area contributed by atoms with E-state index in [0.29, 0.717) is 40.4 Å². The van der Waals surface area contributed by atoms with Crippen LogP contribution in [0.3, 0.4) is 0 Å². The average molecular weight is 800 g/mol. The monoisotopic (exact) mass is 799 g/mol. The molecule has 2 aliphatic carbocycles. The zero-order valence-electron chi connectivity index (χ0n) is 33.8. The Morgan fingerprint density at radius 3 is 2.22 bits per heavy atom. The van der Waals surface area contributed by atoms with Crippen LogP contribution in [0.5, 0.6) is 17.2 Å². The van der Waals surface area contributed by atoms with Gasteiger partial charge in [0.25, 0.3) is 11.8 Å². The lowest BCUT2D eigenvalue weighted by atomic mass is 9.49. The number of carbonyl (C=O) groups excluding carboxylic acids is 4. The molecular formula is C50H45N3O7. The molecule has 6 atom stereocenters. The standard InChI is InChI=1S/C50H45N3O7/c1-29-10-17-35(18-11-29)51-53-47(56)41-28-40-38(45(33-16-24-42(54)30(2)26-33)50(41,49(53)58)34-8-6-5-7-9-34)22-23-39-44(40)48(57)52(46(39)55)36-19-13-31(14-20-36)12-15-32-27-37(59-3)21-25-43(32)60-4/h5-22,24-27,39-41,44-45,51,54H,23,28H2,1-4H3. The molecule has 2 aliphatic heterocycles. The number of amides is 4. The molecule has 60 heavy (non-hydrogen) atoms. The highest BCUT2D eigenvalue weighted by Crippen LogP contribution is 2.64. The van der Waals surface area contributed by atoms with E-state index < -0.39 is 46.8 Å². The maximum atomic E-state index is 15.4. The van der Waals surface area contributed by atoms with Crippen molar-refractivity contribution < 1.29 is 33.8 Å². The van der Waals surface area contributed by atoms with Gasteiger partial charge in [-0.1, -0.05) is 96.1 Å². The Morgan fingerprint density at radius 2 is 1.52 bits per heavy atom. The number of carbonyl (C=O) groups is 4. The third kappa shape index (κ3) is 6.08. The zero-order valence-corrected chi connectivity index (χ0v) is 33.8. The van der Waals surface area contributed by atoms with Crippen LogP contribution in [0.1, 0.15) is 52.1 Å². The molecule has 5 aromatic rings. The number of methoxy groups -OCH3 is 2. The quantitative estimate of drug-likeness (QED) is 0.0866. The summed E-state index contributed by atoms with van der Waals surface area (Å²) in [6.07, 6.45) is 6.38. The number of nitrogens with zero attached hydrogens (tertiary/aromatic N) is 2. The summed E-state index contributed by atoms with van der Waals surface area (Å²) in [7, 11) is 3.22. The fraction of sp³-hybridized carbons (Fsp3) is 0.240. The minimum absolute atomic E-state index is 0.110. The van der Waals surface area contributed by atoms with Crippen molar-refractivity contribution in [2.75, 3.05) is 24.5 Å². The summed E-state index contributed by atoms with van der Waals surface area (Å²) in [6.45, 7) is 3.77. The number of phenols is 1. The number of imide groups is 2. The van der Waals surface area contributed by atoms with E-state index in [2.05, 4.69) is 5.43 Å². The SMILES string of the molecule is COc1ccc(OC)c(C=Cc2ccc(N3C(=O)C4CC=C5C(CC6C(=O)N(Nc7ccc(C)cc7)C(=O)C6(c6ccccc6)C5c5ccc(O)c(C)c5)C4C3=O)cc2)c1. The summed E-state index contributed by atoms with van der Waals surface area (Å²) in [6, 6.07) is 35.1. The van der Waals surface area contributed by atoms with E-state index in [-0.39, 0.29) is 24.0 Å². The second kappa shape index (κ2) is 15.0. The van der Waals surface area contributed by atoms with E-state index in [1.165, 1.54) is 4.90 Å². The van der Waals surface area contributed by atoms with Gasteiger partial charge in [-0.25, -0.2) is 0 Å². The topological polar surface area (TPSA) is 125 Å². The molecule has 302 valence electrons. The molecule has 9 rings (SSSR count). The van der Waals surface area contributed by atoms with Crippen LogP contribution >= 0.6 is 0 Å². The molecule has 10 heteroatoms. The van der Waals surface area contributed by atoms with Crippen LogP contribution in [0.2, 0.25) is 0 Å². The van der Waals surface area contributed by atoms with Crippen molar-refractivity contribution in [3.8, 4) is 17.2 Å². The normalized spacial score (nSPS) is 24.6. The minimum Gasteiger partial charge on any atom is -0.508 e. The van der Waals surface area contributed by atoms with E-state index in [9.17, 15) is 19.5 Å². The van der Waals surface area contributed by atoms with E-state index in [4.69, 9.17) is 9.47 Å².